The van der Waals surface area contributed by atoms with Crippen molar-refractivity contribution in [2.75, 3.05) is 24.3 Å². The Kier molecular flexibility index (Phi) is 11.3. The van der Waals surface area contributed by atoms with E-state index in [4.69, 9.17) is 14.2 Å². The first-order valence-corrected chi connectivity index (χ1v) is 16.7. The zero-order chi connectivity index (χ0) is 36.0. The van der Waals surface area contributed by atoms with Crippen molar-refractivity contribution in [3.8, 4) is 16.3 Å². The van der Waals surface area contributed by atoms with Gasteiger partial charge in [0.25, 0.3) is 5.91 Å². The van der Waals surface area contributed by atoms with Gasteiger partial charge in [0.2, 0.25) is 0 Å². The Labute approximate surface area is 291 Å². The lowest BCUT2D eigenvalue weighted by Gasteiger charge is -2.23. The number of ether oxygens (including phenoxy) is 3. The number of anilines is 2. The van der Waals surface area contributed by atoms with Crippen molar-refractivity contribution in [2.45, 2.75) is 64.3 Å². The molecule has 0 radical (unpaired) electrons. The lowest BCUT2D eigenvalue weighted by Crippen LogP contribution is -2.37. The summed E-state index contributed by atoms with van der Waals surface area (Å²) in [7, 11) is 3.00. The zero-order valence-electron chi connectivity index (χ0n) is 28.3. The first-order chi connectivity index (χ1) is 23.8. The van der Waals surface area contributed by atoms with E-state index in [-0.39, 0.29) is 40.1 Å². The highest BCUT2D eigenvalue weighted by Crippen LogP contribution is 2.38. The van der Waals surface area contributed by atoms with Gasteiger partial charge < -0.3 is 30.2 Å². The van der Waals surface area contributed by atoms with E-state index in [1.165, 1.54) is 13.3 Å². The molecule has 3 heterocycles. The number of amides is 3. The number of methoxy groups -OCH3 is 1. The van der Waals surface area contributed by atoms with Gasteiger partial charge in [0.1, 0.15) is 39.6 Å². The Balaban J connectivity index is 1.37. The van der Waals surface area contributed by atoms with Gasteiger partial charge in [-0.1, -0.05) is 41.7 Å². The number of thiazole rings is 1. The van der Waals surface area contributed by atoms with Crippen molar-refractivity contribution in [2.24, 2.45) is 7.05 Å². The van der Waals surface area contributed by atoms with Crippen LogP contribution in [-0.4, -0.2) is 58.2 Å². The molecule has 0 aliphatic carbocycles. The minimum atomic E-state index is -0.965. The van der Waals surface area contributed by atoms with E-state index in [1.54, 1.807) is 32.5 Å². The lowest BCUT2D eigenvalue weighted by atomic mass is 10.0. The molecule has 4 N–H and O–H groups in total. The standard InChI is InChI=1S/C34H39F2N7O6S/c1-34(2,3)49-33(46)42-31-27(41-30(50-31)26-22(35)15-21(47-5)16-23(26)36)29(44)40-25-17-38-43(4)28(25)24-14-20(12-9-13-37-24)39-32(45)48-18-19-10-7-6-8-11-19/h6-8,10-11,15-17,20,24,37H,9,12-14,18H2,1-5H3,(H,39,45)(H,40,44)(H,42,46). The SMILES string of the molecule is COc1cc(F)c(-c2nc(C(=O)Nc3cnn(C)c3C3CC(NC(=O)OCc4ccccc4)CCCN3)c(NC(=O)OC(C)(C)C)s2)c(F)c1. The van der Waals surface area contributed by atoms with Crippen LogP contribution in [0.4, 0.5) is 29.1 Å². The average molecular weight is 712 g/mol. The molecular formula is C34H39F2N7O6S. The van der Waals surface area contributed by atoms with Gasteiger partial charge in [-0.05, 0) is 52.1 Å². The average Bonchev–Trinajstić information content (AvgIpc) is 3.54. The zero-order valence-corrected chi connectivity index (χ0v) is 29.1. The predicted molar refractivity (Wildman–Crippen MR) is 183 cm³/mol. The number of aromatic nitrogens is 3. The molecule has 16 heteroatoms. The molecule has 5 rings (SSSR count). The highest BCUT2D eigenvalue weighted by atomic mass is 32.1. The summed E-state index contributed by atoms with van der Waals surface area (Å²) in [6.45, 7) is 5.78. The number of benzene rings is 2. The predicted octanol–water partition coefficient (Wildman–Crippen LogP) is 6.54. The third-order valence-corrected chi connectivity index (χ3v) is 8.65. The number of carbonyl (C=O) groups excluding carboxylic acids is 3. The van der Waals surface area contributed by atoms with E-state index in [0.717, 1.165) is 24.1 Å². The minimum absolute atomic E-state index is 0.0388. The maximum Gasteiger partial charge on any atom is 0.412 e. The second kappa shape index (κ2) is 15.6. The van der Waals surface area contributed by atoms with E-state index >= 15 is 8.78 Å². The Bertz CT molecular complexity index is 1820. The molecule has 3 amide bonds. The summed E-state index contributed by atoms with van der Waals surface area (Å²) < 4.78 is 47.5. The number of halogens is 2. The summed E-state index contributed by atoms with van der Waals surface area (Å²) in [5.74, 6) is -2.74. The Morgan fingerprint density at radius 1 is 1.08 bits per heavy atom. The van der Waals surface area contributed by atoms with E-state index < -0.39 is 40.9 Å². The van der Waals surface area contributed by atoms with E-state index in [1.807, 2.05) is 30.3 Å². The van der Waals surface area contributed by atoms with E-state index in [0.29, 0.717) is 42.1 Å². The third-order valence-electron chi connectivity index (χ3n) is 7.66. The van der Waals surface area contributed by atoms with Crippen LogP contribution < -0.4 is 26.0 Å². The molecule has 1 aliphatic heterocycles. The molecule has 1 saturated heterocycles. The van der Waals surface area contributed by atoms with Crippen molar-refractivity contribution in [3.63, 3.8) is 0 Å². The van der Waals surface area contributed by atoms with Gasteiger partial charge in [0, 0.05) is 25.2 Å². The number of nitrogens with zero attached hydrogens (tertiary/aromatic N) is 3. The van der Waals surface area contributed by atoms with Crippen molar-refractivity contribution < 1.29 is 37.4 Å². The number of hydrogen-bond acceptors (Lipinski definition) is 10. The maximum atomic E-state index is 15.1. The Hall–Kier alpha value is -5.09. The van der Waals surface area contributed by atoms with Crippen molar-refractivity contribution in [1.82, 2.24) is 25.4 Å². The van der Waals surface area contributed by atoms with E-state index in [2.05, 4.69) is 31.3 Å². The molecule has 266 valence electrons. The third kappa shape index (κ3) is 9.12. The molecule has 2 unspecified atom stereocenters. The summed E-state index contributed by atoms with van der Waals surface area (Å²) in [5, 5.41) is 15.8. The molecule has 2 aromatic carbocycles. The molecule has 2 aromatic heterocycles. The van der Waals surface area contributed by atoms with Crippen LogP contribution >= 0.6 is 11.3 Å². The van der Waals surface area contributed by atoms with Crippen molar-refractivity contribution in [1.29, 1.82) is 0 Å². The summed E-state index contributed by atoms with van der Waals surface area (Å²) in [6, 6.07) is 10.8. The number of aryl methyl sites for hydroxylation is 1. The monoisotopic (exact) mass is 711 g/mol. The quantitative estimate of drug-likeness (QED) is 0.151. The van der Waals surface area contributed by atoms with Crippen LogP contribution in [0.1, 0.15) is 67.8 Å². The molecule has 2 atom stereocenters. The fourth-order valence-corrected chi connectivity index (χ4v) is 6.45. The van der Waals surface area contributed by atoms with Crippen LogP contribution in [0.25, 0.3) is 10.6 Å². The van der Waals surface area contributed by atoms with Gasteiger partial charge in [-0.15, -0.1) is 0 Å². The maximum absolute atomic E-state index is 15.1. The minimum Gasteiger partial charge on any atom is -0.497 e. The fourth-order valence-electron chi connectivity index (χ4n) is 5.45. The van der Waals surface area contributed by atoms with Crippen LogP contribution in [-0.2, 0) is 23.1 Å². The highest BCUT2D eigenvalue weighted by molar-refractivity contribution is 7.19. The summed E-state index contributed by atoms with van der Waals surface area (Å²) >= 11 is 0.706. The number of hydrogen-bond donors (Lipinski definition) is 4. The number of alkyl carbamates (subject to hydrolysis) is 1. The van der Waals surface area contributed by atoms with Crippen molar-refractivity contribution >= 4 is 40.1 Å². The second-order valence-corrected chi connectivity index (χ2v) is 13.6. The summed E-state index contributed by atoms with van der Waals surface area (Å²) in [4.78, 5) is 43.5. The number of rotatable bonds is 9. The highest BCUT2D eigenvalue weighted by Gasteiger charge is 2.30. The Morgan fingerprint density at radius 3 is 2.48 bits per heavy atom. The van der Waals surface area contributed by atoms with Crippen LogP contribution in [0.5, 0.6) is 5.75 Å². The molecule has 0 spiro atoms. The van der Waals surface area contributed by atoms with Crippen LogP contribution in [0, 0.1) is 11.6 Å². The fraction of sp³-hybridized carbons (Fsp3) is 0.382. The molecule has 1 fully saturated rings. The van der Waals surface area contributed by atoms with Gasteiger partial charge in [-0.2, -0.15) is 5.10 Å². The number of nitrogens with one attached hydrogen (secondary N) is 4. The van der Waals surface area contributed by atoms with Crippen LogP contribution in [0.2, 0.25) is 0 Å². The Morgan fingerprint density at radius 2 is 1.80 bits per heavy atom. The van der Waals surface area contributed by atoms with Crippen LogP contribution in [0.3, 0.4) is 0 Å². The normalized spacial score (nSPS) is 16.2. The lowest BCUT2D eigenvalue weighted by molar-refractivity contribution is 0.0636. The molecule has 0 bridgehead atoms. The van der Waals surface area contributed by atoms with E-state index in [9.17, 15) is 14.4 Å². The largest absolute Gasteiger partial charge is 0.497 e. The molecule has 50 heavy (non-hydrogen) atoms. The van der Waals surface area contributed by atoms with Crippen molar-refractivity contribution in [3.05, 3.63) is 77.2 Å². The van der Waals surface area contributed by atoms with Gasteiger partial charge >= 0.3 is 12.2 Å². The topological polar surface area (TPSA) is 158 Å². The smallest absolute Gasteiger partial charge is 0.412 e. The molecule has 0 saturated carbocycles. The second-order valence-electron chi connectivity index (χ2n) is 12.6. The first kappa shape index (κ1) is 36.2. The van der Waals surface area contributed by atoms with Gasteiger partial charge in [0.15, 0.2) is 5.69 Å². The molecular weight excluding hydrogens is 672 g/mol. The van der Waals surface area contributed by atoms with Gasteiger partial charge in [-0.25, -0.2) is 23.4 Å². The van der Waals surface area contributed by atoms with Crippen LogP contribution in [0.15, 0.2) is 48.7 Å². The summed E-state index contributed by atoms with van der Waals surface area (Å²) in [5.41, 5.74) is 0.170. The molecule has 1 aliphatic rings. The number of carbonyl (C=O) groups is 3. The summed E-state index contributed by atoms with van der Waals surface area (Å²) in [6.07, 6.45) is 1.98. The molecule has 4 aromatic rings. The van der Waals surface area contributed by atoms with Gasteiger partial charge in [0.05, 0.1) is 36.3 Å². The first-order valence-electron chi connectivity index (χ1n) is 15.9. The molecule has 13 nitrogen and oxygen atoms in total. The van der Waals surface area contributed by atoms with Gasteiger partial charge in [-0.3, -0.25) is 14.8 Å².